The van der Waals surface area contributed by atoms with Crippen molar-refractivity contribution in [3.63, 3.8) is 0 Å². The molecule has 1 nitrogen and oxygen atoms in total. The van der Waals surface area contributed by atoms with E-state index < -0.39 is 11.7 Å². The van der Waals surface area contributed by atoms with Crippen LogP contribution in [0.5, 0.6) is 0 Å². The van der Waals surface area contributed by atoms with Crippen LogP contribution in [0.2, 0.25) is 0 Å². The van der Waals surface area contributed by atoms with Gasteiger partial charge in [0.05, 0.1) is 5.56 Å². The van der Waals surface area contributed by atoms with Gasteiger partial charge >= 0.3 is 6.18 Å². The van der Waals surface area contributed by atoms with Gasteiger partial charge in [0.25, 0.3) is 0 Å². The Bertz CT molecular complexity index is 424. The van der Waals surface area contributed by atoms with Gasteiger partial charge in [0.1, 0.15) is 0 Å². The first kappa shape index (κ1) is 15.4. The summed E-state index contributed by atoms with van der Waals surface area (Å²) in [6.45, 7) is 5.23. The fourth-order valence-corrected chi connectivity index (χ4v) is 2.93. The Morgan fingerprint density at radius 2 is 1.85 bits per heavy atom. The lowest BCUT2D eigenvalue weighted by molar-refractivity contribution is -0.137. The van der Waals surface area contributed by atoms with Crippen LogP contribution in [0.1, 0.15) is 50.3 Å². The molecule has 0 spiro atoms. The average molecular weight is 285 g/mol. The molecule has 112 valence electrons. The van der Waals surface area contributed by atoms with E-state index in [1.54, 1.807) is 12.1 Å². The van der Waals surface area contributed by atoms with E-state index in [9.17, 15) is 13.2 Å². The first-order chi connectivity index (χ1) is 9.38. The average Bonchev–Trinajstić information content (AvgIpc) is 2.81. The SMILES string of the molecule is CC(NCC1CCCC1C)c1ccc(C(F)(F)F)cc1. The van der Waals surface area contributed by atoms with Crippen LogP contribution in [0.3, 0.4) is 0 Å². The van der Waals surface area contributed by atoms with Crippen molar-refractivity contribution in [2.24, 2.45) is 11.8 Å². The van der Waals surface area contributed by atoms with Crippen LogP contribution >= 0.6 is 0 Å². The Morgan fingerprint density at radius 3 is 2.35 bits per heavy atom. The van der Waals surface area contributed by atoms with Gasteiger partial charge in [0.15, 0.2) is 0 Å². The largest absolute Gasteiger partial charge is 0.416 e. The minimum Gasteiger partial charge on any atom is -0.310 e. The fraction of sp³-hybridized carbons (Fsp3) is 0.625. The molecule has 0 heterocycles. The maximum atomic E-state index is 12.5. The third-order valence-corrected chi connectivity index (χ3v) is 4.46. The second-order valence-corrected chi connectivity index (χ2v) is 5.92. The van der Waals surface area contributed by atoms with E-state index in [4.69, 9.17) is 0 Å². The van der Waals surface area contributed by atoms with Crippen molar-refractivity contribution >= 4 is 0 Å². The highest BCUT2D eigenvalue weighted by molar-refractivity contribution is 5.26. The Labute approximate surface area is 118 Å². The summed E-state index contributed by atoms with van der Waals surface area (Å²) >= 11 is 0. The second kappa shape index (κ2) is 6.17. The summed E-state index contributed by atoms with van der Waals surface area (Å²) in [4.78, 5) is 0. The normalized spacial score (nSPS) is 24.9. The van der Waals surface area contributed by atoms with Gasteiger partial charge in [-0.2, -0.15) is 13.2 Å². The van der Waals surface area contributed by atoms with Gasteiger partial charge in [-0.05, 0) is 49.4 Å². The fourth-order valence-electron chi connectivity index (χ4n) is 2.93. The van der Waals surface area contributed by atoms with Gasteiger partial charge in [-0.15, -0.1) is 0 Å². The number of hydrogen-bond donors (Lipinski definition) is 1. The Morgan fingerprint density at radius 1 is 1.20 bits per heavy atom. The molecule has 1 aliphatic rings. The first-order valence-corrected chi connectivity index (χ1v) is 7.28. The van der Waals surface area contributed by atoms with E-state index in [0.29, 0.717) is 5.92 Å². The van der Waals surface area contributed by atoms with Gasteiger partial charge in [0, 0.05) is 6.04 Å². The molecule has 0 aliphatic heterocycles. The van der Waals surface area contributed by atoms with Gasteiger partial charge in [0.2, 0.25) is 0 Å². The maximum Gasteiger partial charge on any atom is 0.416 e. The molecule has 1 aromatic carbocycles. The molecule has 3 unspecified atom stereocenters. The van der Waals surface area contributed by atoms with Crippen LogP contribution in [-0.2, 0) is 6.18 Å². The van der Waals surface area contributed by atoms with E-state index in [2.05, 4.69) is 12.2 Å². The molecular weight excluding hydrogens is 263 g/mol. The standard InChI is InChI=1S/C16H22F3N/c1-11-4-3-5-14(11)10-20-12(2)13-6-8-15(9-7-13)16(17,18)19/h6-9,11-12,14,20H,3-5,10H2,1-2H3. The van der Waals surface area contributed by atoms with Crippen LogP contribution < -0.4 is 5.32 Å². The predicted octanol–water partition coefficient (Wildman–Crippen LogP) is 4.79. The Balaban J connectivity index is 1.90. The smallest absolute Gasteiger partial charge is 0.310 e. The molecule has 20 heavy (non-hydrogen) atoms. The van der Waals surface area contributed by atoms with Crippen LogP contribution in [-0.4, -0.2) is 6.54 Å². The lowest BCUT2D eigenvalue weighted by Crippen LogP contribution is -2.27. The van der Waals surface area contributed by atoms with Crippen molar-refractivity contribution in [3.05, 3.63) is 35.4 Å². The molecule has 0 amide bonds. The molecule has 0 saturated heterocycles. The van der Waals surface area contributed by atoms with E-state index in [1.807, 2.05) is 6.92 Å². The van der Waals surface area contributed by atoms with Crippen LogP contribution in [0.25, 0.3) is 0 Å². The second-order valence-electron chi connectivity index (χ2n) is 5.92. The molecule has 1 N–H and O–H groups in total. The molecule has 2 rings (SSSR count). The van der Waals surface area contributed by atoms with Crippen molar-refractivity contribution in [1.82, 2.24) is 5.32 Å². The highest BCUT2D eigenvalue weighted by Gasteiger charge is 2.30. The van der Waals surface area contributed by atoms with Crippen molar-refractivity contribution in [2.45, 2.75) is 45.3 Å². The zero-order chi connectivity index (χ0) is 14.8. The molecule has 0 radical (unpaired) electrons. The van der Waals surface area contributed by atoms with E-state index >= 15 is 0 Å². The molecule has 1 aliphatic carbocycles. The highest BCUT2D eigenvalue weighted by atomic mass is 19.4. The van der Waals surface area contributed by atoms with Crippen molar-refractivity contribution in [1.29, 1.82) is 0 Å². The van der Waals surface area contributed by atoms with Gasteiger partial charge in [-0.1, -0.05) is 31.9 Å². The molecule has 1 fully saturated rings. The molecule has 0 bridgehead atoms. The zero-order valence-corrected chi connectivity index (χ0v) is 12.0. The van der Waals surface area contributed by atoms with Crippen molar-refractivity contribution in [2.75, 3.05) is 6.54 Å². The van der Waals surface area contributed by atoms with E-state index in [0.717, 1.165) is 30.2 Å². The lowest BCUT2D eigenvalue weighted by atomic mass is 9.97. The predicted molar refractivity (Wildman–Crippen MR) is 74.4 cm³/mol. The highest BCUT2D eigenvalue weighted by Crippen LogP contribution is 2.32. The summed E-state index contributed by atoms with van der Waals surface area (Å²) in [6.07, 6.45) is -0.411. The molecule has 1 saturated carbocycles. The van der Waals surface area contributed by atoms with Gasteiger partial charge < -0.3 is 5.32 Å². The Hall–Kier alpha value is -1.03. The lowest BCUT2D eigenvalue weighted by Gasteiger charge is -2.20. The number of hydrogen-bond acceptors (Lipinski definition) is 1. The third kappa shape index (κ3) is 3.75. The number of nitrogens with one attached hydrogen (secondary N) is 1. The van der Waals surface area contributed by atoms with E-state index in [-0.39, 0.29) is 6.04 Å². The quantitative estimate of drug-likeness (QED) is 0.838. The molecule has 1 aromatic rings. The maximum absolute atomic E-state index is 12.5. The van der Waals surface area contributed by atoms with Crippen LogP contribution in [0, 0.1) is 11.8 Å². The number of benzene rings is 1. The Kier molecular flexibility index (Phi) is 4.74. The van der Waals surface area contributed by atoms with Crippen molar-refractivity contribution in [3.8, 4) is 0 Å². The molecule has 4 heteroatoms. The summed E-state index contributed by atoms with van der Waals surface area (Å²) in [5, 5.41) is 3.45. The summed E-state index contributed by atoms with van der Waals surface area (Å²) in [5.41, 5.74) is 0.321. The minimum atomic E-state index is -4.26. The summed E-state index contributed by atoms with van der Waals surface area (Å²) < 4.78 is 37.5. The summed E-state index contributed by atoms with van der Waals surface area (Å²) in [6, 6.07) is 5.54. The van der Waals surface area contributed by atoms with Crippen molar-refractivity contribution < 1.29 is 13.2 Å². The number of alkyl halides is 3. The summed E-state index contributed by atoms with van der Waals surface area (Å²) in [5.74, 6) is 1.45. The number of rotatable bonds is 4. The van der Waals surface area contributed by atoms with E-state index in [1.165, 1.54) is 19.3 Å². The van der Waals surface area contributed by atoms with Gasteiger partial charge in [-0.3, -0.25) is 0 Å². The first-order valence-electron chi connectivity index (χ1n) is 7.28. The van der Waals surface area contributed by atoms with Crippen LogP contribution in [0.4, 0.5) is 13.2 Å². The third-order valence-electron chi connectivity index (χ3n) is 4.46. The topological polar surface area (TPSA) is 12.0 Å². The number of halogens is 3. The zero-order valence-electron chi connectivity index (χ0n) is 12.0. The monoisotopic (exact) mass is 285 g/mol. The minimum absolute atomic E-state index is 0.0880. The van der Waals surface area contributed by atoms with Crippen LogP contribution in [0.15, 0.2) is 24.3 Å². The summed E-state index contributed by atoms with van der Waals surface area (Å²) in [7, 11) is 0. The molecule has 3 atom stereocenters. The van der Waals surface area contributed by atoms with Gasteiger partial charge in [-0.25, -0.2) is 0 Å². The molecular formula is C16H22F3N. The molecule has 0 aromatic heterocycles.